The molecule has 0 amide bonds. The second-order valence-corrected chi connectivity index (χ2v) is 7.98. The normalized spacial score (nSPS) is 10.8. The Labute approximate surface area is 195 Å². The zero-order chi connectivity index (χ0) is 22.9. The molecule has 4 aromatic rings. The third-order valence-corrected chi connectivity index (χ3v) is 5.43. The smallest absolute Gasteiger partial charge is 0.167 e. The van der Waals surface area contributed by atoms with E-state index in [0.29, 0.717) is 35.4 Å². The number of rotatable bonds is 10. The van der Waals surface area contributed by atoms with Crippen LogP contribution >= 0.6 is 0 Å². The van der Waals surface area contributed by atoms with Crippen LogP contribution in [0.5, 0.6) is 11.5 Å². The van der Waals surface area contributed by atoms with E-state index in [9.17, 15) is 5.11 Å². The van der Waals surface area contributed by atoms with Crippen LogP contribution in [0.4, 0.5) is 0 Å². The number of benzene rings is 3. The highest BCUT2D eigenvalue weighted by Gasteiger charge is 2.15. The minimum Gasteiger partial charge on any atom is -0.507 e. The maximum Gasteiger partial charge on any atom is 0.167 e. The quantitative estimate of drug-likeness (QED) is 0.271. The van der Waals surface area contributed by atoms with Gasteiger partial charge >= 0.3 is 0 Å². The topological polar surface area (TPSA) is 68.1 Å². The molecular formula is C28H29N3O2. The predicted octanol–water partition coefficient (Wildman–Crippen LogP) is 6.93. The van der Waals surface area contributed by atoms with Gasteiger partial charge in [-0.2, -0.15) is 0 Å². The Kier molecular flexibility index (Phi) is 7.64. The van der Waals surface area contributed by atoms with Crippen molar-refractivity contribution in [3.05, 3.63) is 78.9 Å². The van der Waals surface area contributed by atoms with Crippen molar-refractivity contribution in [1.29, 1.82) is 0 Å². The number of phenolic OH excluding ortho intramolecular Hbond substituents is 1. The largest absolute Gasteiger partial charge is 0.507 e. The van der Waals surface area contributed by atoms with E-state index < -0.39 is 0 Å². The summed E-state index contributed by atoms with van der Waals surface area (Å²) < 4.78 is 5.83. The SMILES string of the molecule is CCCCCCCOc1ccc(-c2nc(-c3ccccc3)nc(-c3ccccc3)n2)c(O)c1. The van der Waals surface area contributed by atoms with E-state index in [4.69, 9.17) is 4.74 Å². The lowest BCUT2D eigenvalue weighted by atomic mass is 10.1. The van der Waals surface area contributed by atoms with Crippen molar-refractivity contribution in [3.8, 4) is 45.7 Å². The van der Waals surface area contributed by atoms with Crippen molar-refractivity contribution < 1.29 is 9.84 Å². The van der Waals surface area contributed by atoms with Crippen LogP contribution < -0.4 is 4.74 Å². The van der Waals surface area contributed by atoms with Gasteiger partial charge in [-0.1, -0.05) is 93.3 Å². The maximum atomic E-state index is 10.8. The number of ether oxygens (including phenoxy) is 1. The van der Waals surface area contributed by atoms with Crippen LogP contribution in [0.2, 0.25) is 0 Å². The lowest BCUT2D eigenvalue weighted by Crippen LogP contribution is -2.01. The number of aromatic nitrogens is 3. The molecule has 1 heterocycles. The molecule has 5 nitrogen and oxygen atoms in total. The van der Waals surface area contributed by atoms with Gasteiger partial charge in [0.1, 0.15) is 11.5 Å². The summed E-state index contributed by atoms with van der Waals surface area (Å²) in [6.45, 7) is 2.85. The van der Waals surface area contributed by atoms with E-state index in [1.807, 2.05) is 66.7 Å². The van der Waals surface area contributed by atoms with Crippen molar-refractivity contribution in [2.24, 2.45) is 0 Å². The monoisotopic (exact) mass is 439 g/mol. The van der Waals surface area contributed by atoms with E-state index in [-0.39, 0.29) is 5.75 Å². The average molecular weight is 440 g/mol. The van der Waals surface area contributed by atoms with Crippen molar-refractivity contribution in [1.82, 2.24) is 15.0 Å². The molecule has 0 radical (unpaired) electrons. The summed E-state index contributed by atoms with van der Waals surface area (Å²) in [7, 11) is 0. The molecule has 1 aromatic heterocycles. The highest BCUT2D eigenvalue weighted by atomic mass is 16.5. The van der Waals surface area contributed by atoms with Crippen molar-refractivity contribution in [2.45, 2.75) is 39.0 Å². The number of hydrogen-bond donors (Lipinski definition) is 1. The molecule has 4 rings (SSSR count). The molecule has 0 saturated carbocycles. The number of hydrogen-bond acceptors (Lipinski definition) is 5. The van der Waals surface area contributed by atoms with Gasteiger partial charge < -0.3 is 9.84 Å². The minimum absolute atomic E-state index is 0.0858. The van der Waals surface area contributed by atoms with Gasteiger partial charge in [0.25, 0.3) is 0 Å². The number of aromatic hydroxyl groups is 1. The summed E-state index contributed by atoms with van der Waals surface area (Å²) in [5.41, 5.74) is 2.32. The van der Waals surface area contributed by atoms with E-state index in [1.54, 1.807) is 12.1 Å². The molecule has 0 spiro atoms. The van der Waals surface area contributed by atoms with Crippen LogP contribution in [0.1, 0.15) is 39.0 Å². The molecule has 33 heavy (non-hydrogen) atoms. The van der Waals surface area contributed by atoms with Crippen LogP contribution in [0.15, 0.2) is 78.9 Å². The molecule has 0 unspecified atom stereocenters. The second kappa shape index (κ2) is 11.2. The molecule has 5 heteroatoms. The fraction of sp³-hybridized carbons (Fsp3) is 0.250. The molecular weight excluding hydrogens is 410 g/mol. The Hall–Kier alpha value is -3.73. The third-order valence-electron chi connectivity index (χ3n) is 5.43. The lowest BCUT2D eigenvalue weighted by Gasteiger charge is -2.11. The van der Waals surface area contributed by atoms with Gasteiger partial charge in [0.2, 0.25) is 0 Å². The van der Waals surface area contributed by atoms with Crippen molar-refractivity contribution >= 4 is 0 Å². The first-order valence-corrected chi connectivity index (χ1v) is 11.6. The summed E-state index contributed by atoms with van der Waals surface area (Å²) in [6.07, 6.45) is 5.89. The van der Waals surface area contributed by atoms with Gasteiger partial charge in [-0.3, -0.25) is 0 Å². The van der Waals surface area contributed by atoms with Gasteiger partial charge in [0.15, 0.2) is 17.5 Å². The molecule has 0 saturated heterocycles. The molecule has 0 aliphatic carbocycles. The maximum absolute atomic E-state index is 10.8. The van der Waals surface area contributed by atoms with E-state index in [1.165, 1.54) is 19.3 Å². The third kappa shape index (κ3) is 5.95. The van der Waals surface area contributed by atoms with Gasteiger partial charge in [0.05, 0.1) is 12.2 Å². The van der Waals surface area contributed by atoms with E-state index >= 15 is 0 Å². The Bertz CT molecular complexity index is 1110. The highest BCUT2D eigenvalue weighted by Crippen LogP contribution is 2.32. The minimum atomic E-state index is 0.0858. The Morgan fingerprint density at radius 2 is 1.24 bits per heavy atom. The predicted molar refractivity (Wildman–Crippen MR) is 132 cm³/mol. The molecule has 0 aliphatic heterocycles. The standard InChI is InChI=1S/C28H29N3O2/c1-2-3-4-5-12-19-33-23-17-18-24(25(32)20-23)28-30-26(21-13-8-6-9-14-21)29-27(31-28)22-15-10-7-11-16-22/h6-11,13-18,20,32H,2-5,12,19H2,1H3. The molecule has 168 valence electrons. The summed E-state index contributed by atoms with van der Waals surface area (Å²) in [6, 6.07) is 24.9. The van der Waals surface area contributed by atoms with Gasteiger partial charge in [0, 0.05) is 17.2 Å². The Balaban J connectivity index is 1.61. The van der Waals surface area contributed by atoms with Gasteiger partial charge in [-0.05, 0) is 18.6 Å². The molecule has 0 bridgehead atoms. The zero-order valence-corrected chi connectivity index (χ0v) is 18.9. The first-order valence-electron chi connectivity index (χ1n) is 11.6. The first kappa shape index (κ1) is 22.5. The molecule has 3 aromatic carbocycles. The van der Waals surface area contributed by atoms with Crippen LogP contribution in [0, 0.1) is 0 Å². The van der Waals surface area contributed by atoms with Crippen molar-refractivity contribution in [2.75, 3.05) is 6.61 Å². The zero-order valence-electron chi connectivity index (χ0n) is 18.9. The second-order valence-electron chi connectivity index (χ2n) is 7.98. The van der Waals surface area contributed by atoms with E-state index in [0.717, 1.165) is 24.0 Å². The fourth-order valence-corrected chi connectivity index (χ4v) is 3.61. The lowest BCUT2D eigenvalue weighted by molar-refractivity contribution is 0.303. The van der Waals surface area contributed by atoms with Gasteiger partial charge in [-0.25, -0.2) is 15.0 Å². The summed E-state index contributed by atoms with van der Waals surface area (Å²) >= 11 is 0. The first-order chi connectivity index (χ1) is 16.2. The highest BCUT2D eigenvalue weighted by molar-refractivity contribution is 5.70. The fourth-order valence-electron chi connectivity index (χ4n) is 3.61. The van der Waals surface area contributed by atoms with Crippen LogP contribution in [-0.2, 0) is 0 Å². The Morgan fingerprint density at radius 3 is 1.82 bits per heavy atom. The summed E-state index contributed by atoms with van der Waals surface area (Å²) in [4.78, 5) is 14.0. The number of nitrogens with zero attached hydrogens (tertiary/aromatic N) is 3. The molecule has 0 fully saturated rings. The number of phenols is 1. The van der Waals surface area contributed by atoms with Crippen LogP contribution in [0.25, 0.3) is 34.2 Å². The van der Waals surface area contributed by atoms with Crippen LogP contribution in [0.3, 0.4) is 0 Å². The Morgan fingerprint density at radius 1 is 0.667 bits per heavy atom. The molecule has 0 atom stereocenters. The summed E-state index contributed by atoms with van der Waals surface area (Å²) in [5, 5.41) is 10.8. The van der Waals surface area contributed by atoms with Crippen LogP contribution in [-0.4, -0.2) is 26.7 Å². The molecule has 0 aliphatic rings. The van der Waals surface area contributed by atoms with Gasteiger partial charge in [-0.15, -0.1) is 0 Å². The number of unbranched alkanes of at least 4 members (excludes halogenated alkanes) is 4. The summed E-state index contributed by atoms with van der Waals surface area (Å²) in [5.74, 6) is 2.28. The van der Waals surface area contributed by atoms with E-state index in [2.05, 4.69) is 21.9 Å². The molecule has 1 N–H and O–H groups in total. The average Bonchev–Trinajstić information content (AvgIpc) is 2.87. The van der Waals surface area contributed by atoms with Crippen molar-refractivity contribution in [3.63, 3.8) is 0 Å².